The zero-order valence-corrected chi connectivity index (χ0v) is 36.3. The highest BCUT2D eigenvalue weighted by Gasteiger charge is 2.46. The van der Waals surface area contributed by atoms with E-state index < -0.39 is 27.3 Å². The first kappa shape index (κ1) is 41.7. The predicted octanol–water partition coefficient (Wildman–Crippen LogP) is 3.79. The summed E-state index contributed by atoms with van der Waals surface area (Å²) >= 11 is 6.43. The Morgan fingerprint density at radius 2 is 1.87 bits per heavy atom. The van der Waals surface area contributed by atoms with Gasteiger partial charge in [-0.15, -0.1) is 0 Å². The highest BCUT2D eigenvalue weighted by atomic mass is 35.5. The lowest BCUT2D eigenvalue weighted by atomic mass is 9.83. The molecule has 3 unspecified atom stereocenters. The molecule has 14 nitrogen and oxygen atoms in total. The Bertz CT molecular complexity index is 2410. The molecule has 2 amide bonds. The highest BCUT2D eigenvalue weighted by molar-refractivity contribution is 7.90. The number of allylic oxidation sites excluding steroid dienone is 3. The van der Waals surface area contributed by atoms with Crippen LogP contribution in [0.1, 0.15) is 56.6 Å². The summed E-state index contributed by atoms with van der Waals surface area (Å²) in [7, 11) is -4.11. The second-order valence-corrected chi connectivity index (χ2v) is 20.1. The van der Waals surface area contributed by atoms with E-state index in [0.717, 1.165) is 101 Å². The van der Waals surface area contributed by atoms with Crippen LogP contribution in [0.5, 0.6) is 5.75 Å². The molecule has 324 valence electrons. The van der Waals surface area contributed by atoms with Crippen LogP contribution in [0.15, 0.2) is 89.7 Å². The number of aromatic nitrogens is 2. The molecule has 1 saturated carbocycles. The van der Waals surface area contributed by atoms with Crippen LogP contribution in [0.2, 0.25) is 5.02 Å². The number of H-pyrrole nitrogens is 1. The monoisotopic (exact) mass is 871 g/mol. The normalized spacial score (nSPS) is 25.2. The fourth-order valence-corrected chi connectivity index (χ4v) is 10.9. The van der Waals surface area contributed by atoms with Crippen LogP contribution in [0, 0.1) is 11.8 Å². The number of sulfonamides is 1. The molecule has 0 spiro atoms. The maximum Gasteiger partial charge on any atom is 0.264 e. The number of hydrogen-bond donors (Lipinski definition) is 4. The van der Waals surface area contributed by atoms with E-state index in [1.165, 1.54) is 11.1 Å². The van der Waals surface area contributed by atoms with Gasteiger partial charge in [-0.2, -0.15) is 0 Å². The highest BCUT2D eigenvalue weighted by Crippen LogP contribution is 2.39. The minimum atomic E-state index is -4.11. The molecule has 3 fully saturated rings. The first-order chi connectivity index (χ1) is 29.4. The number of quaternary nitrogens is 1. The molecule has 1 aromatic carbocycles. The Morgan fingerprint density at radius 1 is 1.07 bits per heavy atom. The predicted molar refractivity (Wildman–Crippen MR) is 232 cm³/mol. The number of nitrogens with one attached hydrogen (secondary N) is 3. The van der Waals surface area contributed by atoms with E-state index in [0.29, 0.717) is 41.0 Å². The molecule has 3 atom stereocenters. The number of nitrogens with zero attached hydrogens (tertiary/aromatic N) is 4. The van der Waals surface area contributed by atoms with E-state index in [4.69, 9.17) is 21.1 Å². The molecule has 3 aliphatic heterocycles. The molecule has 0 radical (unpaired) electrons. The van der Waals surface area contributed by atoms with E-state index in [2.05, 4.69) is 59.5 Å². The molecule has 3 aliphatic carbocycles. The van der Waals surface area contributed by atoms with Gasteiger partial charge < -0.3 is 35.3 Å². The van der Waals surface area contributed by atoms with Gasteiger partial charge in [0.15, 0.2) is 0 Å². The van der Waals surface area contributed by atoms with Crippen molar-refractivity contribution in [2.24, 2.45) is 11.8 Å². The number of piperazine rings is 1. The molecule has 6 aliphatic rings. The van der Waals surface area contributed by atoms with Gasteiger partial charge in [-0.3, -0.25) is 14.5 Å². The van der Waals surface area contributed by atoms with Crippen molar-refractivity contribution in [1.29, 1.82) is 0 Å². The van der Waals surface area contributed by atoms with Crippen molar-refractivity contribution in [3.8, 4) is 5.75 Å². The van der Waals surface area contributed by atoms with Gasteiger partial charge in [0.25, 0.3) is 5.91 Å². The molecule has 61 heavy (non-hydrogen) atoms. The van der Waals surface area contributed by atoms with Crippen molar-refractivity contribution in [3.63, 3.8) is 0 Å². The molecule has 2 saturated heterocycles. The molecule has 16 heteroatoms. The van der Waals surface area contributed by atoms with Crippen molar-refractivity contribution >= 4 is 44.5 Å². The second-order valence-electron chi connectivity index (χ2n) is 17.7. The number of benzene rings is 1. The summed E-state index contributed by atoms with van der Waals surface area (Å²) in [6.45, 7) is 8.92. The summed E-state index contributed by atoms with van der Waals surface area (Å²) in [5.41, 5.74) is 9.48. The van der Waals surface area contributed by atoms with E-state index >= 15 is 0 Å². The summed E-state index contributed by atoms with van der Waals surface area (Å²) in [5, 5.41) is 4.06. The van der Waals surface area contributed by atoms with E-state index in [-0.39, 0.29) is 29.4 Å². The van der Waals surface area contributed by atoms with E-state index in [1.807, 2.05) is 30.4 Å². The maximum atomic E-state index is 14.0. The third-order valence-corrected chi connectivity index (χ3v) is 15.0. The van der Waals surface area contributed by atoms with Gasteiger partial charge in [0.2, 0.25) is 15.9 Å². The number of halogens is 1. The summed E-state index contributed by atoms with van der Waals surface area (Å²) in [6.07, 6.45) is 14.9. The average molecular weight is 873 g/mol. The number of carbonyl (C=O) groups excluding carboxylic acids is 2. The smallest absolute Gasteiger partial charge is 0.264 e. The summed E-state index contributed by atoms with van der Waals surface area (Å²) in [5.74, 6) is 0.632. The van der Waals surface area contributed by atoms with Crippen LogP contribution < -0.4 is 20.5 Å². The molecule has 3 aromatic rings. The topological polar surface area (TPSA) is 177 Å². The first-order valence-corrected chi connectivity index (χ1v) is 23.5. The van der Waals surface area contributed by atoms with Crippen LogP contribution in [-0.2, 0) is 37.3 Å². The van der Waals surface area contributed by atoms with Gasteiger partial charge in [0, 0.05) is 93.7 Å². The Labute approximate surface area is 362 Å². The number of rotatable bonds is 12. The van der Waals surface area contributed by atoms with Gasteiger partial charge in [-0.1, -0.05) is 23.7 Å². The van der Waals surface area contributed by atoms with Crippen molar-refractivity contribution in [1.82, 2.24) is 34.7 Å². The number of pyridine rings is 1. The van der Waals surface area contributed by atoms with Gasteiger partial charge >= 0.3 is 0 Å². The minimum absolute atomic E-state index is 0.130. The molecule has 5 heterocycles. The Morgan fingerprint density at radius 3 is 2.64 bits per heavy atom. The number of hydrogen-bond acceptors (Lipinski definition) is 10. The van der Waals surface area contributed by atoms with E-state index in [9.17, 15) is 18.0 Å². The van der Waals surface area contributed by atoms with Crippen LogP contribution in [0.3, 0.4) is 0 Å². The summed E-state index contributed by atoms with van der Waals surface area (Å²) in [6, 6.07) is 9.78. The Balaban J connectivity index is 0.879. The zero-order chi connectivity index (χ0) is 42.3. The quantitative estimate of drug-likeness (QED) is 0.210. The summed E-state index contributed by atoms with van der Waals surface area (Å²) in [4.78, 5) is 42.1. The SMILES string of the molecule is CC1(CN2CCN(C3=CC=C(C(=O)NS(=O)(=O)C4C=C([NH3+])C(NCC5CCOCC5)=CC4)C(Oc4cnc5[nH]ccc5c4)C3)CC2)Cc2cc(Cl)ccc2CN1C(=O)C1CC1. The molecular weight excluding hydrogens is 816 g/mol. The standard InChI is InChI=1S/C45H55ClN8O6S/c1-45(24-33-20-34(46)5-4-32(33)27-54(45)44(56)30-2-3-30)28-52-14-16-53(17-15-52)35-6-8-38(41(22-35)60-36-21-31-10-13-48-42(31)50-26-36)43(55)51-61(57,58)37-7-9-40(39(47)23-37)49-25-29-11-18-59-19-12-29/h4-6,8-10,13,20-21,23,26,29-30,37,41,49H,2-3,7,11-12,14-19,22,24-25,27-28,47H2,1H3,(H,48,50)(H,51,55)/p+1. The number of carbonyl (C=O) groups is 2. The zero-order valence-electron chi connectivity index (χ0n) is 34.7. The van der Waals surface area contributed by atoms with Crippen LogP contribution in [0.4, 0.5) is 0 Å². The molecular formula is C45H56ClN8O6S+. The van der Waals surface area contributed by atoms with E-state index in [1.54, 1.807) is 24.5 Å². The molecule has 2 aromatic heterocycles. The van der Waals surface area contributed by atoms with Gasteiger partial charge in [0.1, 0.15) is 28.4 Å². The fraction of sp³-hybridized carbons (Fsp3) is 0.489. The lowest BCUT2D eigenvalue weighted by Gasteiger charge is -2.49. The number of fused-ring (bicyclic) bond motifs is 2. The fourth-order valence-electron chi connectivity index (χ4n) is 9.48. The molecule has 6 N–H and O–H groups in total. The third kappa shape index (κ3) is 9.26. The van der Waals surface area contributed by atoms with Crippen molar-refractivity contribution in [3.05, 3.63) is 106 Å². The minimum Gasteiger partial charge on any atom is -0.483 e. The lowest BCUT2D eigenvalue weighted by Crippen LogP contribution is -2.61. The lowest BCUT2D eigenvalue weighted by molar-refractivity contribution is -0.299. The first-order valence-electron chi connectivity index (χ1n) is 21.6. The van der Waals surface area contributed by atoms with Gasteiger partial charge in [0.05, 0.1) is 23.0 Å². The van der Waals surface area contributed by atoms with Crippen molar-refractivity contribution in [2.75, 3.05) is 52.5 Å². The summed E-state index contributed by atoms with van der Waals surface area (Å²) < 4.78 is 41.9. The second kappa shape index (κ2) is 17.2. The Kier molecular flexibility index (Phi) is 11.8. The van der Waals surface area contributed by atoms with Crippen LogP contribution in [-0.4, -0.2) is 114 Å². The van der Waals surface area contributed by atoms with Crippen molar-refractivity contribution in [2.45, 2.75) is 75.3 Å². The number of ether oxygens (including phenoxy) is 2. The molecule has 0 bridgehead atoms. The average Bonchev–Trinajstić information content (AvgIpc) is 4.00. The maximum absolute atomic E-state index is 14.0. The molecule has 9 rings (SSSR count). The van der Waals surface area contributed by atoms with Gasteiger partial charge in [-0.25, -0.2) is 18.1 Å². The van der Waals surface area contributed by atoms with Crippen molar-refractivity contribution < 1.29 is 33.2 Å². The van der Waals surface area contributed by atoms with Crippen LogP contribution in [0.25, 0.3) is 11.0 Å². The van der Waals surface area contributed by atoms with Gasteiger partial charge in [-0.05, 0) is 105 Å². The largest absolute Gasteiger partial charge is 0.483 e. The number of aromatic amines is 1. The Hall–Kier alpha value is -4.67. The number of amides is 2. The van der Waals surface area contributed by atoms with Crippen LogP contribution >= 0.6 is 11.6 Å². The third-order valence-electron chi connectivity index (χ3n) is 13.2.